The van der Waals surface area contributed by atoms with Crippen molar-refractivity contribution in [1.82, 2.24) is 10.3 Å². The Bertz CT molecular complexity index is 682. The number of carbonyl (C=O) groups is 1. The maximum absolute atomic E-state index is 11.9. The summed E-state index contributed by atoms with van der Waals surface area (Å²) in [7, 11) is 1.28. The fourth-order valence-electron chi connectivity index (χ4n) is 2.20. The summed E-state index contributed by atoms with van der Waals surface area (Å²) in [4.78, 5) is 20.3. The normalized spacial score (nSPS) is 15.4. The first-order valence-corrected chi connectivity index (χ1v) is 8.55. The van der Waals surface area contributed by atoms with Crippen LogP contribution in [0.1, 0.15) is 24.8 Å². The van der Waals surface area contributed by atoms with Gasteiger partial charge in [0.05, 0.1) is 7.11 Å². The second-order valence-corrected chi connectivity index (χ2v) is 6.21. The minimum atomic E-state index is -0.632. The first-order valence-electron chi connectivity index (χ1n) is 8.17. The fourth-order valence-corrected chi connectivity index (χ4v) is 2.39. The minimum absolute atomic E-state index is 0.0154. The molecule has 1 aromatic heterocycles. The SMILES string of the molecule is C=C(/N=C(C(=O)OC)\C(Cl)=C(/N)NCCCc1cccnc1)C1CC1. The summed E-state index contributed by atoms with van der Waals surface area (Å²) in [6.07, 6.45) is 7.34. The summed E-state index contributed by atoms with van der Waals surface area (Å²) in [6.45, 7) is 4.49. The predicted molar refractivity (Wildman–Crippen MR) is 98.9 cm³/mol. The predicted octanol–water partition coefficient (Wildman–Crippen LogP) is 2.51. The van der Waals surface area contributed by atoms with Gasteiger partial charge in [-0.3, -0.25) is 4.98 Å². The van der Waals surface area contributed by atoms with Gasteiger partial charge in [0.2, 0.25) is 0 Å². The third-order valence-corrected chi connectivity index (χ3v) is 4.19. The summed E-state index contributed by atoms with van der Waals surface area (Å²) in [5.74, 6) is -0.120. The molecule has 2 rings (SSSR count). The van der Waals surface area contributed by atoms with Crippen LogP contribution in [0, 0.1) is 5.92 Å². The quantitative estimate of drug-likeness (QED) is 0.400. The van der Waals surface area contributed by atoms with E-state index in [1.807, 2.05) is 18.3 Å². The molecule has 0 aliphatic heterocycles. The largest absolute Gasteiger partial charge is 0.464 e. The molecule has 0 radical (unpaired) electrons. The molecule has 0 spiro atoms. The zero-order chi connectivity index (χ0) is 18.2. The number of hydrogen-bond acceptors (Lipinski definition) is 6. The van der Waals surface area contributed by atoms with E-state index in [-0.39, 0.29) is 16.6 Å². The van der Waals surface area contributed by atoms with Crippen LogP contribution < -0.4 is 11.1 Å². The number of rotatable bonds is 9. The third-order valence-electron chi connectivity index (χ3n) is 3.81. The average molecular weight is 363 g/mol. The number of aromatic nitrogens is 1. The van der Waals surface area contributed by atoms with Crippen molar-refractivity contribution in [2.24, 2.45) is 16.6 Å². The number of ether oxygens (including phenoxy) is 1. The summed E-state index contributed by atoms with van der Waals surface area (Å²) in [6, 6.07) is 3.92. The van der Waals surface area contributed by atoms with Gasteiger partial charge in [-0.05, 0) is 37.3 Å². The van der Waals surface area contributed by atoms with E-state index in [4.69, 9.17) is 22.1 Å². The van der Waals surface area contributed by atoms with E-state index in [9.17, 15) is 4.79 Å². The highest BCUT2D eigenvalue weighted by Gasteiger charge is 2.27. The standard InChI is InChI=1S/C18H23ClN4O2/c1-12(14-7-8-14)23-16(18(24)25-2)15(19)17(20)22-10-4-6-13-5-3-9-21-11-13/h3,5,9,11,14,22H,1,4,6-8,10,20H2,2H3/b17-15-,23-16+. The second-order valence-electron chi connectivity index (χ2n) is 5.84. The number of halogens is 1. The number of esters is 1. The van der Waals surface area contributed by atoms with E-state index < -0.39 is 5.97 Å². The number of nitrogens with two attached hydrogens (primary N) is 1. The van der Waals surface area contributed by atoms with Crippen molar-refractivity contribution in [3.63, 3.8) is 0 Å². The lowest BCUT2D eigenvalue weighted by molar-refractivity contribution is -0.132. The average Bonchev–Trinajstić information content (AvgIpc) is 3.47. The Morgan fingerprint density at radius 3 is 2.92 bits per heavy atom. The number of carbonyl (C=O) groups excluding carboxylic acids is 1. The van der Waals surface area contributed by atoms with Gasteiger partial charge in [0.1, 0.15) is 10.9 Å². The molecule has 0 unspecified atom stereocenters. The molecular formula is C18H23ClN4O2. The smallest absolute Gasteiger partial charge is 0.358 e. The Morgan fingerprint density at radius 2 is 2.32 bits per heavy atom. The molecule has 6 nitrogen and oxygen atoms in total. The molecule has 1 aliphatic carbocycles. The first-order chi connectivity index (χ1) is 12.0. The zero-order valence-corrected chi connectivity index (χ0v) is 15.1. The third kappa shape index (κ3) is 5.90. The highest BCUT2D eigenvalue weighted by Crippen LogP contribution is 2.36. The minimum Gasteiger partial charge on any atom is -0.464 e. The Kier molecular flexibility index (Phi) is 7.01. The molecular weight excluding hydrogens is 340 g/mol. The highest BCUT2D eigenvalue weighted by molar-refractivity contribution is 6.58. The molecule has 0 amide bonds. The number of nitrogens with zero attached hydrogens (tertiary/aromatic N) is 2. The number of pyridine rings is 1. The van der Waals surface area contributed by atoms with E-state index in [0.29, 0.717) is 18.2 Å². The number of hydrogen-bond donors (Lipinski definition) is 2. The van der Waals surface area contributed by atoms with Crippen molar-refractivity contribution in [3.05, 3.63) is 53.2 Å². The van der Waals surface area contributed by atoms with Crippen LogP contribution in [-0.2, 0) is 16.0 Å². The number of methoxy groups -OCH3 is 1. The Labute approximate surface area is 152 Å². The van der Waals surface area contributed by atoms with Gasteiger partial charge in [0.15, 0.2) is 5.71 Å². The molecule has 0 saturated heterocycles. The molecule has 1 fully saturated rings. The number of aryl methyl sites for hydroxylation is 1. The van der Waals surface area contributed by atoms with Crippen LogP contribution in [0.5, 0.6) is 0 Å². The lowest BCUT2D eigenvalue weighted by Gasteiger charge is -2.11. The van der Waals surface area contributed by atoms with Gasteiger partial charge in [0, 0.05) is 30.6 Å². The summed E-state index contributed by atoms with van der Waals surface area (Å²) >= 11 is 6.25. The van der Waals surface area contributed by atoms with Crippen LogP contribution in [0.3, 0.4) is 0 Å². The van der Waals surface area contributed by atoms with Crippen molar-refractivity contribution in [3.8, 4) is 0 Å². The van der Waals surface area contributed by atoms with Crippen molar-refractivity contribution >= 4 is 23.3 Å². The summed E-state index contributed by atoms with van der Waals surface area (Å²) in [5, 5.41) is 3.07. The van der Waals surface area contributed by atoms with Gasteiger partial charge < -0.3 is 15.8 Å². The van der Waals surface area contributed by atoms with Crippen LogP contribution >= 0.6 is 11.6 Å². The van der Waals surface area contributed by atoms with E-state index in [1.165, 1.54) is 7.11 Å². The maximum Gasteiger partial charge on any atom is 0.358 e. The van der Waals surface area contributed by atoms with Crippen molar-refractivity contribution in [2.75, 3.05) is 13.7 Å². The number of allylic oxidation sites excluding steroid dienone is 1. The van der Waals surface area contributed by atoms with Crippen molar-refractivity contribution < 1.29 is 9.53 Å². The first kappa shape index (κ1) is 19.0. The summed E-state index contributed by atoms with van der Waals surface area (Å²) in [5.41, 5.74) is 7.72. The van der Waals surface area contributed by atoms with Crippen molar-refractivity contribution in [1.29, 1.82) is 0 Å². The van der Waals surface area contributed by atoms with Crippen LogP contribution in [0.25, 0.3) is 0 Å². The molecule has 134 valence electrons. The summed E-state index contributed by atoms with van der Waals surface area (Å²) < 4.78 is 4.75. The van der Waals surface area contributed by atoms with E-state index in [1.54, 1.807) is 6.20 Å². The molecule has 0 atom stereocenters. The maximum atomic E-state index is 11.9. The monoisotopic (exact) mass is 362 g/mol. The molecule has 1 aromatic rings. The molecule has 1 saturated carbocycles. The van der Waals surface area contributed by atoms with Crippen LogP contribution in [0.4, 0.5) is 0 Å². The number of aliphatic imine (C=N–C) groups is 1. The van der Waals surface area contributed by atoms with E-state index in [0.717, 1.165) is 31.2 Å². The fraction of sp³-hybridized carbons (Fsp3) is 0.389. The molecule has 1 heterocycles. The molecule has 25 heavy (non-hydrogen) atoms. The molecule has 0 bridgehead atoms. The zero-order valence-electron chi connectivity index (χ0n) is 14.3. The molecule has 1 aliphatic rings. The van der Waals surface area contributed by atoms with Gasteiger partial charge in [-0.1, -0.05) is 24.2 Å². The van der Waals surface area contributed by atoms with Crippen LogP contribution in [0.2, 0.25) is 0 Å². The molecule has 0 aromatic carbocycles. The van der Waals surface area contributed by atoms with Crippen LogP contribution in [0.15, 0.2) is 52.6 Å². The van der Waals surface area contributed by atoms with E-state index >= 15 is 0 Å². The van der Waals surface area contributed by atoms with E-state index in [2.05, 4.69) is 21.9 Å². The lowest BCUT2D eigenvalue weighted by Crippen LogP contribution is -2.27. The highest BCUT2D eigenvalue weighted by atomic mass is 35.5. The Morgan fingerprint density at radius 1 is 1.56 bits per heavy atom. The van der Waals surface area contributed by atoms with Crippen molar-refractivity contribution in [2.45, 2.75) is 25.7 Å². The Hall–Kier alpha value is -2.34. The van der Waals surface area contributed by atoms with Gasteiger partial charge in [-0.2, -0.15) is 0 Å². The van der Waals surface area contributed by atoms with Gasteiger partial charge >= 0.3 is 5.97 Å². The van der Waals surface area contributed by atoms with Gasteiger partial charge in [-0.15, -0.1) is 0 Å². The Balaban J connectivity index is 1.96. The lowest BCUT2D eigenvalue weighted by atomic mass is 10.1. The van der Waals surface area contributed by atoms with Gasteiger partial charge in [-0.25, -0.2) is 9.79 Å². The van der Waals surface area contributed by atoms with Gasteiger partial charge in [0.25, 0.3) is 0 Å². The second kappa shape index (κ2) is 9.22. The molecule has 7 heteroatoms. The number of nitrogens with one attached hydrogen (secondary N) is 1. The molecule has 3 N–H and O–H groups in total. The van der Waals surface area contributed by atoms with Crippen LogP contribution in [-0.4, -0.2) is 30.3 Å². The topological polar surface area (TPSA) is 89.6 Å².